The molecule has 0 fully saturated rings. The van der Waals surface area contributed by atoms with Gasteiger partial charge >= 0.3 is 6.18 Å². The molecule has 0 saturated heterocycles. The van der Waals surface area contributed by atoms with Gasteiger partial charge in [0.15, 0.2) is 0 Å². The Hall–Kier alpha value is -2.97. The number of benzene rings is 1. The molecule has 0 aliphatic heterocycles. The quantitative estimate of drug-likeness (QED) is 0.326. The summed E-state index contributed by atoms with van der Waals surface area (Å²) in [4.78, 5) is 4.56. The van der Waals surface area contributed by atoms with Crippen LogP contribution in [-0.4, -0.2) is 22.6 Å². The monoisotopic (exact) mass is 409 g/mol. The van der Waals surface area contributed by atoms with Gasteiger partial charge in [-0.05, 0) is 62.9 Å². The highest BCUT2D eigenvalue weighted by atomic mass is 19.4. The van der Waals surface area contributed by atoms with E-state index in [1.807, 2.05) is 0 Å². The van der Waals surface area contributed by atoms with Crippen LogP contribution in [0.2, 0.25) is 0 Å². The fraction of sp³-hybridized carbons (Fsp3) is 0.350. The molecule has 0 atom stereocenters. The second-order valence-electron chi connectivity index (χ2n) is 6.81. The molecule has 0 amide bonds. The third kappa shape index (κ3) is 4.72. The van der Waals surface area contributed by atoms with E-state index in [0.717, 1.165) is 47.9 Å². The van der Waals surface area contributed by atoms with Gasteiger partial charge in [-0.25, -0.2) is 9.37 Å². The zero-order chi connectivity index (χ0) is 21.9. The number of fused-ring (bicyclic) bond motifs is 3. The van der Waals surface area contributed by atoms with E-state index in [2.05, 4.69) is 4.98 Å². The van der Waals surface area contributed by atoms with E-state index in [1.54, 1.807) is 13.0 Å². The fourth-order valence-electron chi connectivity index (χ4n) is 3.33. The van der Waals surface area contributed by atoms with Gasteiger partial charge in [-0.2, -0.15) is 13.2 Å². The number of rotatable bonds is 2. The van der Waals surface area contributed by atoms with Gasteiger partial charge in [0.05, 0.1) is 16.9 Å². The van der Waals surface area contributed by atoms with E-state index in [4.69, 9.17) is 22.3 Å². The molecule has 0 radical (unpaired) electrons. The maximum atomic E-state index is 14.1. The molecule has 1 aromatic carbocycles. The number of aromatic nitrogens is 1. The van der Waals surface area contributed by atoms with Crippen LogP contribution in [0.5, 0.6) is 0 Å². The smallest absolute Gasteiger partial charge is 0.405 e. The highest BCUT2D eigenvalue weighted by Crippen LogP contribution is 2.36. The Kier molecular flexibility index (Phi) is 6.61. The predicted octanol–water partition coefficient (Wildman–Crippen LogP) is 4.74. The Labute approximate surface area is 165 Å². The number of nitrogens with two attached hydrogens (primary N) is 2. The molecule has 2 aromatic rings. The van der Waals surface area contributed by atoms with Crippen molar-refractivity contribution in [3.05, 3.63) is 40.5 Å². The Bertz CT molecular complexity index is 993. The molecule has 1 aromatic heterocycles. The molecule has 0 spiro atoms. The van der Waals surface area contributed by atoms with E-state index >= 15 is 0 Å². The summed E-state index contributed by atoms with van der Waals surface area (Å²) in [7, 11) is 0. The molecule has 156 valence electrons. The zero-order valence-corrected chi connectivity index (χ0v) is 16.2. The van der Waals surface area contributed by atoms with Crippen molar-refractivity contribution >= 4 is 34.1 Å². The molecule has 1 heterocycles. The Morgan fingerprint density at radius 3 is 2.17 bits per heavy atom. The number of anilines is 1. The molecular formula is C20H23F4N5. The van der Waals surface area contributed by atoms with Crippen LogP contribution in [0.4, 0.5) is 23.2 Å². The van der Waals surface area contributed by atoms with Crippen LogP contribution in [0, 0.1) is 16.6 Å². The normalized spacial score (nSPS) is 13.7. The first kappa shape index (κ1) is 22.3. The SMILES string of the molecule is CC(=N)C(F)(F)F.CC(=N)c1c(N)c(F)cc2nc(/C=C/N)c3c(c12)CCCC3. The second-order valence-corrected chi connectivity index (χ2v) is 6.81. The summed E-state index contributed by atoms with van der Waals surface area (Å²) in [6, 6.07) is 1.36. The van der Waals surface area contributed by atoms with Crippen molar-refractivity contribution in [2.24, 2.45) is 5.73 Å². The molecule has 6 N–H and O–H groups in total. The molecule has 29 heavy (non-hydrogen) atoms. The molecule has 1 aliphatic rings. The minimum absolute atomic E-state index is 0.0386. The van der Waals surface area contributed by atoms with Crippen molar-refractivity contribution < 1.29 is 17.6 Å². The van der Waals surface area contributed by atoms with Crippen molar-refractivity contribution in [3.8, 4) is 0 Å². The Morgan fingerprint density at radius 2 is 1.69 bits per heavy atom. The van der Waals surface area contributed by atoms with E-state index in [-0.39, 0.29) is 11.4 Å². The molecule has 3 rings (SSSR count). The van der Waals surface area contributed by atoms with Crippen molar-refractivity contribution in [3.63, 3.8) is 0 Å². The number of halogens is 4. The summed E-state index contributed by atoms with van der Waals surface area (Å²) < 4.78 is 47.0. The molecule has 0 unspecified atom stereocenters. The van der Waals surface area contributed by atoms with Crippen molar-refractivity contribution in [1.29, 1.82) is 10.8 Å². The average Bonchev–Trinajstić information content (AvgIpc) is 2.63. The first-order valence-electron chi connectivity index (χ1n) is 8.98. The largest absolute Gasteiger partial charge is 0.428 e. The van der Waals surface area contributed by atoms with Gasteiger partial charge in [0, 0.05) is 22.7 Å². The van der Waals surface area contributed by atoms with Gasteiger partial charge in [0.2, 0.25) is 0 Å². The summed E-state index contributed by atoms with van der Waals surface area (Å²) in [6.45, 7) is 2.34. The van der Waals surface area contributed by atoms with Crippen LogP contribution in [0.25, 0.3) is 17.0 Å². The zero-order valence-electron chi connectivity index (χ0n) is 16.2. The van der Waals surface area contributed by atoms with Gasteiger partial charge < -0.3 is 22.3 Å². The number of aryl methyl sites for hydroxylation is 1. The lowest BCUT2D eigenvalue weighted by Gasteiger charge is -2.22. The molecule has 0 saturated carbocycles. The summed E-state index contributed by atoms with van der Waals surface area (Å²) in [5.74, 6) is -0.528. The molecule has 1 aliphatic carbocycles. The minimum Gasteiger partial charge on any atom is -0.405 e. The first-order chi connectivity index (χ1) is 13.5. The third-order valence-corrected chi connectivity index (χ3v) is 4.67. The number of nitrogens with one attached hydrogen (secondary N) is 2. The predicted molar refractivity (Wildman–Crippen MR) is 108 cm³/mol. The van der Waals surface area contributed by atoms with Crippen molar-refractivity contribution in [2.75, 3.05) is 5.73 Å². The molecular weight excluding hydrogens is 386 g/mol. The Balaban J connectivity index is 0.000000370. The van der Waals surface area contributed by atoms with E-state index < -0.39 is 17.7 Å². The maximum absolute atomic E-state index is 14.1. The highest BCUT2D eigenvalue weighted by Gasteiger charge is 2.30. The number of alkyl halides is 3. The van der Waals surface area contributed by atoms with Crippen LogP contribution in [0.3, 0.4) is 0 Å². The van der Waals surface area contributed by atoms with Gasteiger partial charge in [-0.1, -0.05) is 0 Å². The highest BCUT2D eigenvalue weighted by molar-refractivity contribution is 6.13. The number of nitrogens with zero attached hydrogens (tertiary/aromatic N) is 1. The fourth-order valence-corrected chi connectivity index (χ4v) is 3.33. The second kappa shape index (κ2) is 8.59. The maximum Gasteiger partial charge on any atom is 0.428 e. The van der Waals surface area contributed by atoms with Crippen LogP contribution < -0.4 is 11.5 Å². The lowest BCUT2D eigenvalue weighted by atomic mass is 9.85. The van der Waals surface area contributed by atoms with Gasteiger partial charge in [0.25, 0.3) is 0 Å². The molecule has 5 nitrogen and oxygen atoms in total. The van der Waals surface area contributed by atoms with Gasteiger partial charge in [-0.3, -0.25) is 0 Å². The van der Waals surface area contributed by atoms with Gasteiger partial charge in [0.1, 0.15) is 11.5 Å². The standard InChI is InChI=1S/C17H19FN4.C3H4F3N/c1-9(20)15-16-11-5-3-2-4-10(11)13(6-7-19)22-14(16)8-12(18)17(15)21;1-2(7)3(4,5)6/h6-8,20H,2-5,19,21H2,1H3;7H,1H3/b7-6+,20-9?;. The topological polar surface area (TPSA) is 113 Å². The van der Waals surface area contributed by atoms with Crippen LogP contribution in [0.15, 0.2) is 12.3 Å². The summed E-state index contributed by atoms with van der Waals surface area (Å²) in [5, 5.41) is 14.8. The average molecular weight is 409 g/mol. The van der Waals surface area contributed by atoms with Crippen LogP contribution >= 0.6 is 0 Å². The number of hydrogen-bond donors (Lipinski definition) is 4. The summed E-state index contributed by atoms with van der Waals surface area (Å²) in [6.07, 6.45) is 2.79. The number of nitrogen functional groups attached to an aromatic ring is 1. The van der Waals surface area contributed by atoms with Crippen LogP contribution in [-0.2, 0) is 12.8 Å². The Morgan fingerprint density at radius 1 is 1.14 bits per heavy atom. The minimum atomic E-state index is -4.42. The van der Waals surface area contributed by atoms with Crippen LogP contribution in [0.1, 0.15) is 49.1 Å². The lowest BCUT2D eigenvalue weighted by molar-refractivity contribution is -0.0599. The lowest BCUT2D eigenvalue weighted by Crippen LogP contribution is -2.17. The molecule has 9 heteroatoms. The summed E-state index contributed by atoms with van der Waals surface area (Å²) >= 11 is 0. The van der Waals surface area contributed by atoms with Gasteiger partial charge in [-0.15, -0.1) is 0 Å². The molecule has 0 bridgehead atoms. The van der Waals surface area contributed by atoms with E-state index in [1.165, 1.54) is 12.3 Å². The van der Waals surface area contributed by atoms with E-state index in [9.17, 15) is 17.6 Å². The van der Waals surface area contributed by atoms with Crippen molar-refractivity contribution in [2.45, 2.75) is 45.7 Å². The first-order valence-corrected chi connectivity index (χ1v) is 8.98. The summed E-state index contributed by atoms with van der Waals surface area (Å²) in [5.41, 5.74) is 14.6. The number of pyridine rings is 1. The van der Waals surface area contributed by atoms with E-state index in [0.29, 0.717) is 18.0 Å². The van der Waals surface area contributed by atoms with Crippen molar-refractivity contribution in [1.82, 2.24) is 4.98 Å². The third-order valence-electron chi connectivity index (χ3n) is 4.67. The number of hydrogen-bond acceptors (Lipinski definition) is 5.